The summed E-state index contributed by atoms with van der Waals surface area (Å²) in [4.78, 5) is 16.0. The van der Waals surface area contributed by atoms with E-state index in [9.17, 15) is 23.9 Å². The summed E-state index contributed by atoms with van der Waals surface area (Å²) in [5, 5.41) is 26.2. The molecule has 4 aromatic rings. The van der Waals surface area contributed by atoms with Crippen molar-refractivity contribution in [3.8, 4) is 11.8 Å². The predicted octanol–water partition coefficient (Wildman–Crippen LogP) is 4.51. The first-order chi connectivity index (χ1) is 15.1. The number of H-pyrrole nitrogens is 1. The van der Waals surface area contributed by atoms with Gasteiger partial charge in [0.1, 0.15) is 5.82 Å². The number of halogens is 2. The molecular weight excluding hydrogens is 416 g/mol. The molecule has 0 amide bonds. The smallest absolute Gasteiger partial charge is 0.338 e. The third-order valence-electron chi connectivity index (χ3n) is 5.66. The van der Waals surface area contributed by atoms with Crippen LogP contribution in [0.1, 0.15) is 37.1 Å². The highest BCUT2D eigenvalue weighted by Gasteiger charge is 2.34. The highest BCUT2D eigenvalue weighted by atomic mass is 19.1. The lowest BCUT2D eigenvalue weighted by Gasteiger charge is -2.26. The van der Waals surface area contributed by atoms with Crippen molar-refractivity contribution in [2.24, 2.45) is 0 Å². The number of carboxylic acid groups (broad SMARTS) is 1. The van der Waals surface area contributed by atoms with Crippen molar-refractivity contribution in [3.63, 3.8) is 0 Å². The minimum absolute atomic E-state index is 0.0972. The molecule has 0 saturated carbocycles. The van der Waals surface area contributed by atoms with Crippen molar-refractivity contribution >= 4 is 28.0 Å². The highest BCUT2D eigenvalue weighted by molar-refractivity contribution is 5.94. The standard InChI is InChI=1S/C23H21F2N5O2/c1-12-8-14(4-5-16(12)24)30-18-9-13-11-27-29-21(13)28-19(18)15(10-17(25)22(31)32)20(30)23(2,3)6-7-26/h4-5,8-9,11,17H,6,10H2,1-3H3,(H,31,32)(H,27,28,29)/t17-/m0/s1. The number of carbonyl (C=O) groups is 1. The Balaban J connectivity index is 2.16. The lowest BCUT2D eigenvalue weighted by Crippen LogP contribution is -2.25. The minimum atomic E-state index is -2.15. The zero-order chi connectivity index (χ0) is 23.2. The zero-order valence-corrected chi connectivity index (χ0v) is 17.8. The van der Waals surface area contributed by atoms with E-state index >= 15 is 0 Å². The number of nitrogens with zero attached hydrogens (tertiary/aromatic N) is 4. The van der Waals surface area contributed by atoms with Gasteiger partial charge in [-0.15, -0.1) is 0 Å². The molecule has 0 aliphatic rings. The van der Waals surface area contributed by atoms with Gasteiger partial charge in [0.15, 0.2) is 5.65 Å². The second kappa shape index (κ2) is 7.71. The molecule has 0 radical (unpaired) electrons. The number of benzene rings is 1. The number of nitriles is 1. The molecule has 0 saturated heterocycles. The van der Waals surface area contributed by atoms with Gasteiger partial charge >= 0.3 is 5.97 Å². The van der Waals surface area contributed by atoms with E-state index in [1.165, 1.54) is 6.07 Å². The fourth-order valence-electron chi connectivity index (χ4n) is 4.12. The molecule has 7 nitrogen and oxygen atoms in total. The van der Waals surface area contributed by atoms with Crippen LogP contribution in [-0.4, -0.2) is 37.0 Å². The monoisotopic (exact) mass is 437 g/mol. The average Bonchev–Trinajstić information content (AvgIpc) is 3.30. The molecule has 0 aliphatic heterocycles. The Morgan fingerprint density at radius 3 is 2.78 bits per heavy atom. The largest absolute Gasteiger partial charge is 0.479 e. The lowest BCUT2D eigenvalue weighted by molar-refractivity contribution is -0.142. The number of aromatic amines is 1. The van der Waals surface area contributed by atoms with Crippen LogP contribution in [0.25, 0.3) is 27.8 Å². The molecule has 0 unspecified atom stereocenters. The number of alkyl halides is 1. The number of fused-ring (bicyclic) bond motifs is 2. The lowest BCUT2D eigenvalue weighted by atomic mass is 9.82. The number of aliphatic carboxylic acids is 1. The summed E-state index contributed by atoms with van der Waals surface area (Å²) in [6.07, 6.45) is -0.875. The van der Waals surface area contributed by atoms with E-state index in [4.69, 9.17) is 0 Å². The fourth-order valence-corrected chi connectivity index (χ4v) is 4.12. The molecule has 0 fully saturated rings. The van der Waals surface area contributed by atoms with Crippen LogP contribution in [0, 0.1) is 24.1 Å². The van der Waals surface area contributed by atoms with Crippen LogP contribution >= 0.6 is 0 Å². The molecule has 164 valence electrons. The van der Waals surface area contributed by atoms with Gasteiger partial charge in [-0.1, -0.05) is 13.8 Å². The van der Waals surface area contributed by atoms with E-state index in [2.05, 4.69) is 21.3 Å². The van der Waals surface area contributed by atoms with Gasteiger partial charge in [0.05, 0.1) is 23.3 Å². The van der Waals surface area contributed by atoms with Crippen molar-refractivity contribution < 1.29 is 18.7 Å². The number of nitrogens with one attached hydrogen (secondary N) is 1. The van der Waals surface area contributed by atoms with Gasteiger partial charge in [0, 0.05) is 40.6 Å². The Hall–Kier alpha value is -3.80. The number of pyridine rings is 1. The Bertz CT molecular complexity index is 1400. The molecule has 3 aromatic heterocycles. The summed E-state index contributed by atoms with van der Waals surface area (Å²) in [6.45, 7) is 5.31. The molecule has 0 bridgehead atoms. The van der Waals surface area contributed by atoms with Crippen molar-refractivity contribution in [1.82, 2.24) is 19.7 Å². The number of hydrogen-bond donors (Lipinski definition) is 2. The SMILES string of the molecule is Cc1cc(-n2c(C(C)(C)CC#N)c(C[C@H](F)C(=O)O)c3nc4[nH]ncc4cc32)ccc1F. The molecule has 0 spiro atoms. The van der Waals surface area contributed by atoms with Gasteiger partial charge in [-0.25, -0.2) is 18.6 Å². The Morgan fingerprint density at radius 1 is 1.38 bits per heavy atom. The van der Waals surface area contributed by atoms with Gasteiger partial charge in [-0.3, -0.25) is 5.10 Å². The average molecular weight is 437 g/mol. The van der Waals surface area contributed by atoms with Crippen molar-refractivity contribution in [3.05, 3.63) is 53.1 Å². The van der Waals surface area contributed by atoms with Crippen LogP contribution in [0.15, 0.2) is 30.5 Å². The number of hydrogen-bond acceptors (Lipinski definition) is 4. The first-order valence-electron chi connectivity index (χ1n) is 10.0. The van der Waals surface area contributed by atoms with Crippen LogP contribution in [0.5, 0.6) is 0 Å². The molecule has 9 heteroatoms. The van der Waals surface area contributed by atoms with Crippen molar-refractivity contribution in [2.45, 2.75) is 45.2 Å². The number of aryl methyl sites for hydroxylation is 1. The molecule has 1 aromatic carbocycles. The summed E-state index contributed by atoms with van der Waals surface area (Å²) in [5.41, 5.74) is 2.69. The van der Waals surface area contributed by atoms with Gasteiger partial charge in [0.25, 0.3) is 0 Å². The summed E-state index contributed by atoms with van der Waals surface area (Å²) in [7, 11) is 0. The maximum absolute atomic E-state index is 14.5. The first kappa shape index (κ1) is 21.4. The number of carboxylic acids is 1. The molecule has 1 atom stereocenters. The van der Waals surface area contributed by atoms with Crippen LogP contribution in [0.4, 0.5) is 8.78 Å². The molecule has 4 rings (SSSR count). The van der Waals surface area contributed by atoms with E-state index < -0.39 is 24.0 Å². The first-order valence-corrected chi connectivity index (χ1v) is 10.0. The normalized spacial score (nSPS) is 12.9. The van der Waals surface area contributed by atoms with E-state index in [-0.39, 0.29) is 12.2 Å². The zero-order valence-electron chi connectivity index (χ0n) is 17.8. The molecular formula is C23H21F2N5O2. The summed E-state index contributed by atoms with van der Waals surface area (Å²) in [5.74, 6) is -1.94. The van der Waals surface area contributed by atoms with Crippen molar-refractivity contribution in [2.75, 3.05) is 0 Å². The quantitative estimate of drug-likeness (QED) is 0.462. The molecule has 0 aliphatic carbocycles. The third kappa shape index (κ3) is 3.47. The second-order valence-corrected chi connectivity index (χ2v) is 8.49. The minimum Gasteiger partial charge on any atom is -0.479 e. The van der Waals surface area contributed by atoms with Gasteiger partial charge < -0.3 is 9.67 Å². The fraction of sp³-hybridized carbons (Fsp3) is 0.304. The van der Waals surface area contributed by atoms with E-state index in [0.29, 0.717) is 44.6 Å². The van der Waals surface area contributed by atoms with Gasteiger partial charge in [-0.05, 0) is 36.8 Å². The highest BCUT2D eigenvalue weighted by Crippen LogP contribution is 2.40. The van der Waals surface area contributed by atoms with Crippen LogP contribution in [-0.2, 0) is 16.6 Å². The number of aromatic nitrogens is 4. The maximum atomic E-state index is 14.5. The Kier molecular flexibility index (Phi) is 5.17. The Labute approximate surface area is 182 Å². The topological polar surface area (TPSA) is 108 Å². The van der Waals surface area contributed by atoms with Crippen LogP contribution in [0.2, 0.25) is 0 Å². The summed E-state index contributed by atoms with van der Waals surface area (Å²) in [6, 6.07) is 8.59. The maximum Gasteiger partial charge on any atom is 0.338 e. The van der Waals surface area contributed by atoms with E-state index in [0.717, 1.165) is 0 Å². The summed E-state index contributed by atoms with van der Waals surface area (Å²) < 4.78 is 30.4. The van der Waals surface area contributed by atoms with E-state index in [1.54, 1.807) is 25.3 Å². The molecule has 32 heavy (non-hydrogen) atoms. The summed E-state index contributed by atoms with van der Waals surface area (Å²) >= 11 is 0. The molecule has 3 heterocycles. The van der Waals surface area contributed by atoms with E-state index in [1.807, 2.05) is 24.5 Å². The van der Waals surface area contributed by atoms with Crippen LogP contribution in [0.3, 0.4) is 0 Å². The second-order valence-electron chi connectivity index (χ2n) is 8.49. The third-order valence-corrected chi connectivity index (χ3v) is 5.66. The van der Waals surface area contributed by atoms with Crippen LogP contribution < -0.4 is 0 Å². The predicted molar refractivity (Wildman–Crippen MR) is 115 cm³/mol. The van der Waals surface area contributed by atoms with Gasteiger partial charge in [-0.2, -0.15) is 10.4 Å². The Morgan fingerprint density at radius 2 is 2.12 bits per heavy atom. The molecule has 2 N–H and O–H groups in total. The number of rotatable bonds is 6. The van der Waals surface area contributed by atoms with Gasteiger partial charge in [0.2, 0.25) is 6.17 Å². The van der Waals surface area contributed by atoms with Crippen molar-refractivity contribution in [1.29, 1.82) is 5.26 Å².